The van der Waals surface area contributed by atoms with Gasteiger partial charge >= 0.3 is 0 Å². The Labute approximate surface area is 182 Å². The van der Waals surface area contributed by atoms with Gasteiger partial charge in [-0.25, -0.2) is 0 Å². The second-order valence-corrected chi connectivity index (χ2v) is 8.48. The SMILES string of the molecule is Cc1ccccc1Oc1ccc(O[PH](=O)c2ccc(Oc3ccccc3C)cc2)cc1. The predicted octanol–water partition coefficient (Wildman–Crippen LogP) is 7.07. The number of benzene rings is 4. The number of para-hydroxylation sites is 2. The number of rotatable bonds is 7. The van der Waals surface area contributed by atoms with Crippen molar-refractivity contribution < 1.29 is 18.6 Å². The summed E-state index contributed by atoms with van der Waals surface area (Å²) in [7, 11) is -2.44. The third-order valence-electron chi connectivity index (χ3n) is 4.77. The normalized spacial score (nSPS) is 11.5. The summed E-state index contributed by atoms with van der Waals surface area (Å²) in [6, 6.07) is 29.9. The molecule has 0 aliphatic heterocycles. The van der Waals surface area contributed by atoms with Crippen molar-refractivity contribution >= 4 is 13.3 Å². The largest absolute Gasteiger partial charge is 0.457 e. The lowest BCUT2D eigenvalue weighted by Crippen LogP contribution is -1.99. The summed E-state index contributed by atoms with van der Waals surface area (Å²) in [5.74, 6) is 3.51. The van der Waals surface area contributed by atoms with Gasteiger partial charge in [-0.15, -0.1) is 0 Å². The highest BCUT2D eigenvalue weighted by Crippen LogP contribution is 2.31. The van der Waals surface area contributed by atoms with Crippen LogP contribution in [0.4, 0.5) is 0 Å². The van der Waals surface area contributed by atoms with E-state index in [1.807, 2.05) is 62.4 Å². The fraction of sp³-hybridized carbons (Fsp3) is 0.0769. The van der Waals surface area contributed by atoms with Gasteiger partial charge in [-0.1, -0.05) is 36.4 Å². The minimum Gasteiger partial charge on any atom is -0.457 e. The van der Waals surface area contributed by atoms with E-state index < -0.39 is 8.03 Å². The minimum atomic E-state index is -2.44. The lowest BCUT2D eigenvalue weighted by Gasteiger charge is -2.11. The Morgan fingerprint density at radius 2 is 0.968 bits per heavy atom. The molecule has 4 rings (SSSR count). The van der Waals surface area contributed by atoms with Crippen LogP contribution in [0, 0.1) is 13.8 Å². The number of hydrogen-bond acceptors (Lipinski definition) is 4. The van der Waals surface area contributed by atoms with E-state index in [1.165, 1.54) is 0 Å². The quantitative estimate of drug-likeness (QED) is 0.294. The zero-order valence-electron chi connectivity index (χ0n) is 17.4. The number of hydrogen-bond donors (Lipinski definition) is 0. The standard InChI is InChI=1S/C26H23O4P/c1-19-7-3-5-9-25(19)28-21-11-13-23(14-12-21)30-31(27)24-17-15-22(16-18-24)29-26-10-6-4-8-20(26)2/h3-18,31H,1-2H3. The van der Waals surface area contributed by atoms with Gasteiger partial charge in [0, 0.05) is 5.30 Å². The van der Waals surface area contributed by atoms with Crippen LogP contribution in [0.1, 0.15) is 11.1 Å². The Hall–Kier alpha value is -3.49. The van der Waals surface area contributed by atoms with E-state index in [0.717, 1.165) is 22.6 Å². The molecule has 1 unspecified atom stereocenters. The molecule has 4 aromatic rings. The van der Waals surface area contributed by atoms with Crippen LogP contribution in [0.2, 0.25) is 0 Å². The zero-order valence-corrected chi connectivity index (χ0v) is 18.4. The Morgan fingerprint density at radius 1 is 0.548 bits per heavy atom. The molecule has 0 aromatic heterocycles. The molecule has 0 saturated carbocycles. The summed E-state index contributed by atoms with van der Waals surface area (Å²) in [4.78, 5) is 0. The molecule has 4 nitrogen and oxygen atoms in total. The van der Waals surface area contributed by atoms with E-state index in [1.54, 1.807) is 48.5 Å². The van der Waals surface area contributed by atoms with E-state index in [2.05, 4.69) is 0 Å². The molecule has 0 N–H and O–H groups in total. The summed E-state index contributed by atoms with van der Waals surface area (Å²) >= 11 is 0. The van der Waals surface area contributed by atoms with Crippen molar-refractivity contribution in [2.75, 3.05) is 0 Å². The predicted molar refractivity (Wildman–Crippen MR) is 125 cm³/mol. The van der Waals surface area contributed by atoms with Gasteiger partial charge in [-0.2, -0.15) is 0 Å². The van der Waals surface area contributed by atoms with Gasteiger partial charge in [0.05, 0.1) is 0 Å². The van der Waals surface area contributed by atoms with Crippen molar-refractivity contribution in [2.24, 2.45) is 0 Å². The highest BCUT2D eigenvalue weighted by Gasteiger charge is 2.08. The maximum Gasteiger partial charge on any atom is 0.265 e. The molecule has 0 radical (unpaired) electrons. The van der Waals surface area contributed by atoms with Gasteiger partial charge in [0.2, 0.25) is 0 Å². The lowest BCUT2D eigenvalue weighted by atomic mass is 10.2. The van der Waals surface area contributed by atoms with Crippen LogP contribution in [0.3, 0.4) is 0 Å². The molecular formula is C26H23O4P. The summed E-state index contributed by atoms with van der Waals surface area (Å²) in [5, 5.41) is 0.627. The molecule has 0 bridgehead atoms. The van der Waals surface area contributed by atoms with Gasteiger partial charge in [-0.05, 0) is 85.6 Å². The van der Waals surface area contributed by atoms with Crippen molar-refractivity contribution in [3.05, 3.63) is 108 Å². The van der Waals surface area contributed by atoms with Crippen molar-refractivity contribution in [3.63, 3.8) is 0 Å². The van der Waals surface area contributed by atoms with E-state index in [4.69, 9.17) is 14.0 Å². The van der Waals surface area contributed by atoms with Crippen molar-refractivity contribution in [1.29, 1.82) is 0 Å². The van der Waals surface area contributed by atoms with Crippen LogP contribution in [-0.2, 0) is 4.57 Å². The second-order valence-electron chi connectivity index (χ2n) is 7.12. The van der Waals surface area contributed by atoms with E-state index in [-0.39, 0.29) is 0 Å². The van der Waals surface area contributed by atoms with Crippen molar-refractivity contribution in [2.45, 2.75) is 13.8 Å². The van der Waals surface area contributed by atoms with E-state index >= 15 is 0 Å². The third kappa shape index (κ3) is 5.36. The van der Waals surface area contributed by atoms with Gasteiger partial charge in [-0.3, -0.25) is 4.57 Å². The van der Waals surface area contributed by atoms with E-state index in [9.17, 15) is 4.57 Å². The average Bonchev–Trinajstić information content (AvgIpc) is 2.79. The van der Waals surface area contributed by atoms with Gasteiger partial charge < -0.3 is 14.0 Å². The average molecular weight is 430 g/mol. The van der Waals surface area contributed by atoms with Crippen molar-refractivity contribution in [1.82, 2.24) is 0 Å². The Kier molecular flexibility index (Phi) is 6.40. The minimum absolute atomic E-state index is 0.529. The lowest BCUT2D eigenvalue weighted by molar-refractivity contribution is 0.476. The fourth-order valence-corrected chi connectivity index (χ4v) is 3.90. The maximum absolute atomic E-state index is 12.6. The van der Waals surface area contributed by atoms with E-state index in [0.29, 0.717) is 22.6 Å². The summed E-state index contributed by atoms with van der Waals surface area (Å²) in [6.45, 7) is 3.99. The first-order valence-corrected chi connectivity index (χ1v) is 11.3. The smallest absolute Gasteiger partial charge is 0.265 e. The molecule has 156 valence electrons. The topological polar surface area (TPSA) is 44.8 Å². The van der Waals surface area contributed by atoms with Crippen molar-refractivity contribution in [3.8, 4) is 28.7 Å². The first-order chi connectivity index (χ1) is 15.1. The molecule has 4 aromatic carbocycles. The molecule has 31 heavy (non-hydrogen) atoms. The molecule has 0 spiro atoms. The monoisotopic (exact) mass is 430 g/mol. The summed E-state index contributed by atoms with van der Waals surface area (Å²) in [5.41, 5.74) is 2.11. The molecule has 0 fully saturated rings. The van der Waals surface area contributed by atoms with Crippen LogP contribution < -0.4 is 19.3 Å². The van der Waals surface area contributed by atoms with Crippen LogP contribution in [0.15, 0.2) is 97.1 Å². The Bertz CT molecular complexity index is 1180. The number of ether oxygens (including phenoxy) is 2. The van der Waals surface area contributed by atoms with Gasteiger partial charge in [0.15, 0.2) is 0 Å². The second kappa shape index (κ2) is 9.55. The maximum atomic E-state index is 12.6. The zero-order chi connectivity index (χ0) is 21.6. The Morgan fingerprint density at radius 3 is 1.45 bits per heavy atom. The van der Waals surface area contributed by atoms with Crippen LogP contribution in [0.5, 0.6) is 28.7 Å². The first-order valence-electron chi connectivity index (χ1n) is 9.98. The molecule has 0 amide bonds. The van der Waals surface area contributed by atoms with Crippen LogP contribution in [0.25, 0.3) is 0 Å². The summed E-state index contributed by atoms with van der Waals surface area (Å²) in [6.07, 6.45) is 0. The van der Waals surface area contributed by atoms with Crippen LogP contribution in [-0.4, -0.2) is 0 Å². The van der Waals surface area contributed by atoms with Gasteiger partial charge in [0.25, 0.3) is 8.03 Å². The molecule has 0 aliphatic rings. The highest BCUT2D eigenvalue weighted by atomic mass is 31.1. The molecule has 0 heterocycles. The molecule has 1 atom stereocenters. The summed E-state index contributed by atoms with van der Waals surface area (Å²) < 4.78 is 30.1. The number of aryl methyl sites for hydroxylation is 2. The fourth-order valence-electron chi connectivity index (χ4n) is 3.00. The third-order valence-corrected chi connectivity index (χ3v) is 5.99. The molecular weight excluding hydrogens is 407 g/mol. The molecule has 0 aliphatic carbocycles. The molecule has 5 heteroatoms. The highest BCUT2D eigenvalue weighted by molar-refractivity contribution is 7.48. The van der Waals surface area contributed by atoms with Gasteiger partial charge in [0.1, 0.15) is 28.7 Å². The molecule has 0 saturated heterocycles. The Balaban J connectivity index is 1.38. The van der Waals surface area contributed by atoms with Crippen LogP contribution >= 0.6 is 8.03 Å². The first kappa shape index (κ1) is 20.8.